The molecule has 4 aromatic rings. The van der Waals surface area contributed by atoms with Crippen molar-refractivity contribution in [3.05, 3.63) is 60.9 Å². The smallest absolute Gasteiger partial charge is 0.153 e. The first-order valence-corrected chi connectivity index (χ1v) is 7.17. The van der Waals surface area contributed by atoms with Crippen LogP contribution in [0.15, 0.2) is 55.1 Å². The molecule has 0 aliphatic rings. The molecule has 24 heavy (non-hydrogen) atoms. The minimum atomic E-state index is -0.398. The molecule has 4 rings (SSSR count). The van der Waals surface area contributed by atoms with Crippen LogP contribution in [-0.2, 0) is 0 Å². The van der Waals surface area contributed by atoms with Gasteiger partial charge in [-0.25, -0.2) is 19.3 Å². The van der Waals surface area contributed by atoms with Crippen LogP contribution in [0.25, 0.3) is 33.7 Å². The molecule has 0 aliphatic carbocycles. The third kappa shape index (κ3) is 2.41. The monoisotopic (exact) mass is 318 g/mol. The SMILES string of the molecule is Nc1ncnc2ccc(-c3cccnc3-c3ccc(F)cn3)nc12. The number of anilines is 1. The molecule has 4 aromatic heterocycles. The molecule has 4 heterocycles. The standard InChI is InChI=1S/C17H11FN6/c18-10-3-4-13(21-8-10)15-11(2-1-7-20-15)12-5-6-14-16(24-12)17(19)23-9-22-14/h1-9H,(H2,19,22,23). The third-order valence-corrected chi connectivity index (χ3v) is 3.56. The number of hydrogen-bond donors (Lipinski definition) is 1. The van der Waals surface area contributed by atoms with Crippen molar-refractivity contribution >= 4 is 16.9 Å². The molecule has 116 valence electrons. The van der Waals surface area contributed by atoms with E-state index in [1.165, 1.54) is 12.4 Å². The highest BCUT2D eigenvalue weighted by molar-refractivity contribution is 5.87. The topological polar surface area (TPSA) is 90.5 Å². The molecule has 0 aliphatic heterocycles. The van der Waals surface area contributed by atoms with Crippen LogP contribution in [0.3, 0.4) is 0 Å². The minimum Gasteiger partial charge on any atom is -0.382 e. The van der Waals surface area contributed by atoms with Crippen molar-refractivity contribution in [2.75, 3.05) is 5.73 Å². The molecule has 0 aromatic carbocycles. The van der Waals surface area contributed by atoms with Crippen LogP contribution < -0.4 is 5.73 Å². The van der Waals surface area contributed by atoms with Crippen LogP contribution in [0, 0.1) is 5.82 Å². The highest BCUT2D eigenvalue weighted by Gasteiger charge is 2.12. The number of hydrogen-bond acceptors (Lipinski definition) is 6. The summed E-state index contributed by atoms with van der Waals surface area (Å²) in [4.78, 5) is 21.1. The second-order valence-corrected chi connectivity index (χ2v) is 5.08. The van der Waals surface area contributed by atoms with Crippen LogP contribution in [-0.4, -0.2) is 24.9 Å². The number of aromatic nitrogens is 5. The normalized spacial score (nSPS) is 10.9. The van der Waals surface area contributed by atoms with Crippen molar-refractivity contribution in [2.45, 2.75) is 0 Å². The largest absolute Gasteiger partial charge is 0.382 e. The Morgan fingerprint density at radius 1 is 0.875 bits per heavy atom. The van der Waals surface area contributed by atoms with Crippen molar-refractivity contribution in [1.29, 1.82) is 0 Å². The van der Waals surface area contributed by atoms with Crippen LogP contribution in [0.1, 0.15) is 0 Å². The van der Waals surface area contributed by atoms with Crippen LogP contribution in [0.2, 0.25) is 0 Å². The third-order valence-electron chi connectivity index (χ3n) is 3.56. The summed E-state index contributed by atoms with van der Waals surface area (Å²) in [6.07, 6.45) is 4.22. The van der Waals surface area contributed by atoms with Gasteiger partial charge in [-0.2, -0.15) is 0 Å². The molecule has 0 spiro atoms. The lowest BCUT2D eigenvalue weighted by Gasteiger charge is -2.08. The average Bonchev–Trinajstić information content (AvgIpc) is 2.63. The van der Waals surface area contributed by atoms with Gasteiger partial charge < -0.3 is 5.73 Å². The minimum absolute atomic E-state index is 0.312. The van der Waals surface area contributed by atoms with Gasteiger partial charge in [-0.3, -0.25) is 9.97 Å². The molecule has 0 atom stereocenters. The summed E-state index contributed by atoms with van der Waals surface area (Å²) in [6.45, 7) is 0. The Balaban J connectivity index is 1.91. The van der Waals surface area contributed by atoms with E-state index in [4.69, 9.17) is 5.73 Å². The van der Waals surface area contributed by atoms with E-state index >= 15 is 0 Å². The Morgan fingerprint density at radius 3 is 2.58 bits per heavy atom. The Hall–Kier alpha value is -3.48. The Labute approximate surface area is 136 Å². The summed E-state index contributed by atoms with van der Waals surface area (Å²) in [6, 6.07) is 10.3. The summed E-state index contributed by atoms with van der Waals surface area (Å²) in [5.74, 6) is -0.0859. The number of rotatable bonds is 2. The molecule has 6 nitrogen and oxygen atoms in total. The van der Waals surface area contributed by atoms with Gasteiger partial charge in [0.1, 0.15) is 17.7 Å². The van der Waals surface area contributed by atoms with Gasteiger partial charge in [-0.05, 0) is 36.4 Å². The maximum absolute atomic E-state index is 13.1. The number of fused-ring (bicyclic) bond motifs is 1. The van der Waals surface area contributed by atoms with Gasteiger partial charge in [0.05, 0.1) is 28.8 Å². The van der Waals surface area contributed by atoms with Crippen molar-refractivity contribution < 1.29 is 4.39 Å². The summed E-state index contributed by atoms with van der Waals surface area (Å²) >= 11 is 0. The first-order chi connectivity index (χ1) is 11.7. The summed E-state index contributed by atoms with van der Waals surface area (Å²) in [5.41, 5.74) is 9.68. The lowest BCUT2D eigenvalue weighted by molar-refractivity contribution is 0.622. The van der Waals surface area contributed by atoms with E-state index in [0.29, 0.717) is 33.9 Å². The molecular formula is C17H11FN6. The van der Waals surface area contributed by atoms with Crippen LogP contribution >= 0.6 is 0 Å². The van der Waals surface area contributed by atoms with E-state index < -0.39 is 5.82 Å². The van der Waals surface area contributed by atoms with E-state index in [1.807, 2.05) is 18.2 Å². The van der Waals surface area contributed by atoms with Gasteiger partial charge >= 0.3 is 0 Å². The number of nitrogen functional groups attached to an aromatic ring is 1. The summed E-state index contributed by atoms with van der Waals surface area (Å²) in [5, 5.41) is 0. The first-order valence-electron chi connectivity index (χ1n) is 7.17. The maximum atomic E-state index is 13.1. The predicted molar refractivity (Wildman–Crippen MR) is 88.2 cm³/mol. The van der Waals surface area contributed by atoms with Crippen molar-refractivity contribution in [3.8, 4) is 22.6 Å². The van der Waals surface area contributed by atoms with Crippen molar-refractivity contribution in [1.82, 2.24) is 24.9 Å². The molecule has 0 saturated carbocycles. The number of nitrogens with two attached hydrogens (primary N) is 1. The summed E-state index contributed by atoms with van der Waals surface area (Å²) in [7, 11) is 0. The second-order valence-electron chi connectivity index (χ2n) is 5.08. The van der Waals surface area contributed by atoms with Gasteiger partial charge in [0.25, 0.3) is 0 Å². The fourth-order valence-corrected chi connectivity index (χ4v) is 2.44. The first kappa shape index (κ1) is 14.1. The second kappa shape index (κ2) is 5.62. The molecular weight excluding hydrogens is 307 g/mol. The van der Waals surface area contributed by atoms with Gasteiger partial charge in [-0.15, -0.1) is 0 Å². The summed E-state index contributed by atoms with van der Waals surface area (Å²) < 4.78 is 13.1. The lowest BCUT2D eigenvalue weighted by Crippen LogP contribution is -1.98. The fourth-order valence-electron chi connectivity index (χ4n) is 2.44. The van der Waals surface area contributed by atoms with Crippen LogP contribution in [0.5, 0.6) is 0 Å². The zero-order chi connectivity index (χ0) is 16.5. The quantitative estimate of drug-likeness (QED) is 0.611. The lowest BCUT2D eigenvalue weighted by atomic mass is 10.1. The number of halogens is 1. The van der Waals surface area contributed by atoms with E-state index in [-0.39, 0.29) is 0 Å². The van der Waals surface area contributed by atoms with Gasteiger partial charge in [0.15, 0.2) is 5.82 Å². The maximum Gasteiger partial charge on any atom is 0.153 e. The zero-order valence-electron chi connectivity index (χ0n) is 12.4. The van der Waals surface area contributed by atoms with Crippen molar-refractivity contribution in [3.63, 3.8) is 0 Å². The average molecular weight is 318 g/mol. The molecule has 2 N–H and O–H groups in total. The van der Waals surface area contributed by atoms with E-state index in [0.717, 1.165) is 11.8 Å². The van der Waals surface area contributed by atoms with Crippen molar-refractivity contribution in [2.24, 2.45) is 0 Å². The highest BCUT2D eigenvalue weighted by atomic mass is 19.1. The molecule has 0 fully saturated rings. The van der Waals surface area contributed by atoms with Crippen LogP contribution in [0.4, 0.5) is 10.2 Å². The Kier molecular flexibility index (Phi) is 3.31. The Bertz CT molecular complexity index is 1030. The highest BCUT2D eigenvalue weighted by Crippen LogP contribution is 2.29. The molecule has 0 unspecified atom stereocenters. The number of nitrogens with zero attached hydrogens (tertiary/aromatic N) is 5. The molecule has 7 heteroatoms. The zero-order valence-corrected chi connectivity index (χ0v) is 12.4. The number of pyridine rings is 3. The van der Waals surface area contributed by atoms with Gasteiger partial charge in [0, 0.05) is 11.8 Å². The van der Waals surface area contributed by atoms with E-state index in [2.05, 4.69) is 24.9 Å². The molecule has 0 amide bonds. The van der Waals surface area contributed by atoms with Gasteiger partial charge in [-0.1, -0.05) is 0 Å². The predicted octanol–water partition coefficient (Wildman–Crippen LogP) is 2.87. The van der Waals surface area contributed by atoms with Gasteiger partial charge in [0.2, 0.25) is 0 Å². The Morgan fingerprint density at radius 2 is 1.75 bits per heavy atom. The van der Waals surface area contributed by atoms with E-state index in [1.54, 1.807) is 18.3 Å². The van der Waals surface area contributed by atoms with E-state index in [9.17, 15) is 4.39 Å². The molecule has 0 bridgehead atoms. The fraction of sp³-hybridized carbons (Fsp3) is 0. The molecule has 0 radical (unpaired) electrons. The molecule has 0 saturated heterocycles.